The third-order valence-corrected chi connectivity index (χ3v) is 7.29. The van der Waals surface area contributed by atoms with E-state index in [0.29, 0.717) is 12.1 Å². The minimum absolute atomic E-state index is 0.0463. The Morgan fingerprint density at radius 2 is 2.11 bits per heavy atom. The second-order valence-corrected chi connectivity index (χ2v) is 9.29. The second-order valence-electron chi connectivity index (χ2n) is 9.29. The summed E-state index contributed by atoms with van der Waals surface area (Å²) in [5.74, 6) is -4.69. The minimum atomic E-state index is -3.08. The number of nitriles is 1. The van der Waals surface area contributed by atoms with Gasteiger partial charge in [-0.2, -0.15) is 10.4 Å². The number of benzene rings is 1. The van der Waals surface area contributed by atoms with E-state index in [0.717, 1.165) is 6.07 Å². The zero-order valence-electron chi connectivity index (χ0n) is 19.5. The number of amides is 3. The molecule has 3 atom stereocenters. The van der Waals surface area contributed by atoms with Crippen molar-refractivity contribution < 1.29 is 27.5 Å². The molecule has 0 spiro atoms. The summed E-state index contributed by atoms with van der Waals surface area (Å²) in [4.78, 5) is 25.8. The molecule has 3 aliphatic rings. The number of nitrogens with zero attached hydrogens (tertiary/aromatic N) is 4. The summed E-state index contributed by atoms with van der Waals surface area (Å²) in [6.07, 6.45) is -0.435. The summed E-state index contributed by atoms with van der Waals surface area (Å²) in [5, 5.41) is 20.2. The molecule has 3 unspecified atom stereocenters. The average Bonchev–Trinajstić information content (AvgIpc) is 3.08. The van der Waals surface area contributed by atoms with E-state index >= 15 is 8.78 Å². The molecule has 3 heterocycles. The Bertz CT molecular complexity index is 1090. The van der Waals surface area contributed by atoms with Crippen molar-refractivity contribution in [1.82, 2.24) is 15.2 Å². The van der Waals surface area contributed by atoms with Gasteiger partial charge in [-0.3, -0.25) is 5.01 Å². The van der Waals surface area contributed by atoms with Crippen molar-refractivity contribution >= 4 is 23.5 Å². The molecule has 9 nitrogen and oxygen atoms in total. The molecular weight excluding hydrogens is 465 g/mol. The average molecular weight is 493 g/mol. The number of nitrogens with one attached hydrogen (secondary N) is 2. The Kier molecular flexibility index (Phi) is 6.53. The smallest absolute Gasteiger partial charge is 0.406 e. The number of anilines is 1. The maximum Gasteiger partial charge on any atom is 0.406 e. The molecule has 0 aliphatic carbocycles. The van der Waals surface area contributed by atoms with E-state index in [1.807, 2.05) is 0 Å². The lowest BCUT2D eigenvalue weighted by Crippen LogP contribution is -2.62. The SMILES string of the molecule is COC(=O)NCC1CCC(F)(F)C2(C)C3CN(C(=O)Nc4ccc(F)c(C#N)c4)CCC3=NN2C1. The molecule has 0 saturated carbocycles. The van der Waals surface area contributed by atoms with Crippen LogP contribution in [0.4, 0.5) is 28.4 Å². The second kappa shape index (κ2) is 9.28. The van der Waals surface area contributed by atoms with E-state index in [1.54, 1.807) is 6.07 Å². The number of hydrogen-bond donors (Lipinski definition) is 2. The molecule has 4 rings (SSSR count). The van der Waals surface area contributed by atoms with Crippen molar-refractivity contribution in [2.24, 2.45) is 16.9 Å². The number of alkyl carbamates (subject to hydrolysis) is 1. The third-order valence-electron chi connectivity index (χ3n) is 7.29. The first-order chi connectivity index (χ1) is 16.6. The van der Waals surface area contributed by atoms with E-state index in [1.165, 1.54) is 36.1 Å². The van der Waals surface area contributed by atoms with Gasteiger partial charge in [-0.05, 0) is 37.5 Å². The molecule has 0 bridgehead atoms. The number of hydrazone groups is 1. The molecule has 0 radical (unpaired) electrons. The Morgan fingerprint density at radius 3 is 2.83 bits per heavy atom. The van der Waals surface area contributed by atoms with Crippen LogP contribution in [0.1, 0.15) is 31.7 Å². The molecule has 2 fully saturated rings. The standard InChI is InChI=1S/C23H27F3N6O3/c1-22-17-13-31(20(33)29-16-3-4-18(24)15(9-16)10-27)8-6-19(17)30-32(22)12-14(5-7-23(22,25)26)11-28-21(34)35-2/h3-4,9,14,17H,5-8,11-13H2,1-2H3,(H,28,34)(H,29,33). The topological polar surface area (TPSA) is 110 Å². The maximum atomic E-state index is 15.6. The summed E-state index contributed by atoms with van der Waals surface area (Å²) in [5.41, 5.74) is -0.951. The predicted octanol–water partition coefficient (Wildman–Crippen LogP) is 3.38. The van der Waals surface area contributed by atoms with Crippen LogP contribution < -0.4 is 10.6 Å². The van der Waals surface area contributed by atoms with E-state index in [-0.39, 0.29) is 56.2 Å². The normalized spacial score (nSPS) is 27.0. The molecular formula is C23H27F3N6O3. The van der Waals surface area contributed by atoms with Crippen LogP contribution in [0, 0.1) is 29.0 Å². The van der Waals surface area contributed by atoms with Crippen LogP contribution in [-0.4, -0.2) is 72.5 Å². The van der Waals surface area contributed by atoms with Crippen molar-refractivity contribution in [3.8, 4) is 6.07 Å². The summed E-state index contributed by atoms with van der Waals surface area (Å²) >= 11 is 0. The van der Waals surface area contributed by atoms with Crippen LogP contribution >= 0.6 is 0 Å². The Labute approximate surface area is 200 Å². The van der Waals surface area contributed by atoms with Crippen LogP contribution in [0.5, 0.6) is 0 Å². The minimum Gasteiger partial charge on any atom is -0.453 e. The molecule has 3 amide bonds. The number of alkyl halides is 2. The molecule has 188 valence electrons. The number of fused-ring (bicyclic) bond motifs is 3. The number of ether oxygens (including phenoxy) is 1. The van der Waals surface area contributed by atoms with Crippen LogP contribution in [-0.2, 0) is 4.74 Å². The molecule has 2 N–H and O–H groups in total. The highest BCUT2D eigenvalue weighted by Crippen LogP contribution is 2.51. The highest BCUT2D eigenvalue weighted by Gasteiger charge is 2.64. The molecule has 0 aromatic heterocycles. The lowest BCUT2D eigenvalue weighted by molar-refractivity contribution is -0.142. The quantitative estimate of drug-likeness (QED) is 0.672. The van der Waals surface area contributed by atoms with Gasteiger partial charge in [0.2, 0.25) is 0 Å². The van der Waals surface area contributed by atoms with E-state index in [2.05, 4.69) is 20.5 Å². The van der Waals surface area contributed by atoms with Crippen LogP contribution in [0.15, 0.2) is 23.3 Å². The van der Waals surface area contributed by atoms with Crippen molar-refractivity contribution in [3.63, 3.8) is 0 Å². The predicted molar refractivity (Wildman–Crippen MR) is 120 cm³/mol. The van der Waals surface area contributed by atoms with Crippen LogP contribution in [0.3, 0.4) is 0 Å². The van der Waals surface area contributed by atoms with Gasteiger partial charge in [0, 0.05) is 56.3 Å². The third kappa shape index (κ3) is 4.47. The zero-order chi connectivity index (χ0) is 25.4. The van der Waals surface area contributed by atoms with Gasteiger partial charge in [0.25, 0.3) is 5.92 Å². The Morgan fingerprint density at radius 1 is 1.34 bits per heavy atom. The molecule has 1 aromatic rings. The highest BCUT2D eigenvalue weighted by molar-refractivity contribution is 5.94. The lowest BCUT2D eigenvalue weighted by atomic mass is 9.74. The van der Waals surface area contributed by atoms with E-state index in [9.17, 15) is 14.0 Å². The van der Waals surface area contributed by atoms with Crippen molar-refractivity contribution in [3.05, 3.63) is 29.6 Å². The number of carbonyl (C=O) groups is 2. The number of piperidine rings is 1. The zero-order valence-corrected chi connectivity index (χ0v) is 19.5. The number of halogens is 3. The maximum absolute atomic E-state index is 15.6. The largest absolute Gasteiger partial charge is 0.453 e. The lowest BCUT2D eigenvalue weighted by Gasteiger charge is -2.45. The first kappa shape index (κ1) is 24.6. The van der Waals surface area contributed by atoms with Gasteiger partial charge in [-0.15, -0.1) is 0 Å². The van der Waals surface area contributed by atoms with E-state index in [4.69, 9.17) is 5.26 Å². The van der Waals surface area contributed by atoms with Gasteiger partial charge in [0.05, 0.1) is 12.7 Å². The van der Waals surface area contributed by atoms with Gasteiger partial charge in [0.1, 0.15) is 17.4 Å². The summed E-state index contributed by atoms with van der Waals surface area (Å²) in [6, 6.07) is 4.85. The van der Waals surface area contributed by atoms with Crippen molar-refractivity contribution in [2.75, 3.05) is 38.6 Å². The summed E-state index contributed by atoms with van der Waals surface area (Å²) < 4.78 is 49.4. The molecule has 3 aliphatic heterocycles. The fourth-order valence-electron chi connectivity index (χ4n) is 5.09. The Balaban J connectivity index is 1.50. The number of carbonyl (C=O) groups excluding carboxylic acids is 2. The van der Waals surface area contributed by atoms with Crippen LogP contribution in [0.25, 0.3) is 0 Å². The number of urea groups is 1. The highest BCUT2D eigenvalue weighted by atomic mass is 19.3. The number of hydrogen-bond acceptors (Lipinski definition) is 6. The van der Waals surface area contributed by atoms with Gasteiger partial charge in [-0.1, -0.05) is 0 Å². The number of likely N-dealkylation sites (tertiary alicyclic amines) is 1. The van der Waals surface area contributed by atoms with Gasteiger partial charge in [-0.25, -0.2) is 22.8 Å². The van der Waals surface area contributed by atoms with Crippen LogP contribution in [0.2, 0.25) is 0 Å². The molecule has 35 heavy (non-hydrogen) atoms. The molecule has 12 heteroatoms. The summed E-state index contributed by atoms with van der Waals surface area (Å²) in [6.45, 7) is 2.27. The number of rotatable bonds is 3. The fraction of sp³-hybridized carbons (Fsp3) is 0.565. The number of methoxy groups -OCH3 is 1. The monoisotopic (exact) mass is 492 g/mol. The molecule has 1 aromatic carbocycles. The fourth-order valence-corrected chi connectivity index (χ4v) is 5.09. The Hall–Kier alpha value is -3.49. The van der Waals surface area contributed by atoms with Gasteiger partial charge >= 0.3 is 12.1 Å². The van der Waals surface area contributed by atoms with Crippen molar-refractivity contribution in [2.45, 2.75) is 37.6 Å². The summed E-state index contributed by atoms with van der Waals surface area (Å²) in [7, 11) is 1.24. The van der Waals surface area contributed by atoms with E-state index < -0.39 is 35.3 Å². The van der Waals surface area contributed by atoms with Gasteiger partial charge in [0.15, 0.2) is 0 Å². The first-order valence-electron chi connectivity index (χ1n) is 11.4. The molecule has 2 saturated heterocycles. The van der Waals surface area contributed by atoms with Gasteiger partial charge < -0.3 is 20.3 Å². The first-order valence-corrected chi connectivity index (χ1v) is 11.4. The van der Waals surface area contributed by atoms with Crippen molar-refractivity contribution in [1.29, 1.82) is 5.26 Å².